The van der Waals surface area contributed by atoms with Gasteiger partial charge in [-0.25, -0.2) is 14.0 Å². The van der Waals surface area contributed by atoms with Gasteiger partial charge in [0.05, 0.1) is 0 Å². The summed E-state index contributed by atoms with van der Waals surface area (Å²) in [5, 5.41) is 7.23. The average molecular weight is 392 g/mol. The van der Waals surface area contributed by atoms with Crippen molar-refractivity contribution in [1.82, 2.24) is 20.9 Å². The zero-order valence-electron chi connectivity index (χ0n) is 16.2. The van der Waals surface area contributed by atoms with Gasteiger partial charge in [0.15, 0.2) is 0 Å². The van der Waals surface area contributed by atoms with Crippen molar-refractivity contribution >= 4 is 23.9 Å². The van der Waals surface area contributed by atoms with Crippen molar-refractivity contribution < 1.29 is 23.6 Å². The summed E-state index contributed by atoms with van der Waals surface area (Å²) in [5.41, 5.74) is -0.950. The van der Waals surface area contributed by atoms with E-state index in [1.165, 1.54) is 24.3 Å². The van der Waals surface area contributed by atoms with Gasteiger partial charge in [-0.15, -0.1) is 0 Å². The molecule has 9 heteroatoms. The molecule has 1 aliphatic heterocycles. The highest BCUT2D eigenvalue weighted by Crippen LogP contribution is 2.32. The second kappa shape index (κ2) is 8.81. The number of carbonyl (C=O) groups excluding carboxylic acids is 4. The second-order valence-electron chi connectivity index (χ2n) is 7.07. The molecule has 1 atom stereocenters. The van der Waals surface area contributed by atoms with E-state index in [1.807, 2.05) is 13.8 Å². The normalized spacial score (nSPS) is 19.0. The van der Waals surface area contributed by atoms with Gasteiger partial charge in [0, 0.05) is 6.54 Å². The van der Waals surface area contributed by atoms with E-state index in [9.17, 15) is 23.6 Å². The Hall–Kier alpha value is -2.97. The number of benzene rings is 1. The lowest BCUT2D eigenvalue weighted by Gasteiger charge is -2.25. The van der Waals surface area contributed by atoms with Crippen LogP contribution in [0.2, 0.25) is 0 Å². The van der Waals surface area contributed by atoms with Crippen molar-refractivity contribution in [1.29, 1.82) is 0 Å². The lowest BCUT2D eigenvalue weighted by molar-refractivity contribution is -0.135. The number of amides is 6. The second-order valence-corrected chi connectivity index (χ2v) is 7.07. The molecule has 28 heavy (non-hydrogen) atoms. The number of hydrogen-bond acceptors (Lipinski definition) is 4. The third-order valence-corrected chi connectivity index (χ3v) is 4.60. The van der Waals surface area contributed by atoms with Crippen LogP contribution in [0.25, 0.3) is 0 Å². The third-order valence-electron chi connectivity index (χ3n) is 4.60. The molecule has 0 spiro atoms. The van der Waals surface area contributed by atoms with Gasteiger partial charge in [0.1, 0.15) is 17.9 Å². The maximum Gasteiger partial charge on any atom is 0.325 e. The SMILES string of the molecule is CCC1(c2ccc(F)cc2)NC(=O)N(CC(=O)NC(=O)NCCC(C)C)C1=O. The monoisotopic (exact) mass is 392 g/mol. The van der Waals surface area contributed by atoms with Gasteiger partial charge in [-0.1, -0.05) is 32.9 Å². The summed E-state index contributed by atoms with van der Waals surface area (Å²) in [6.45, 7) is 5.52. The number of nitrogens with one attached hydrogen (secondary N) is 3. The molecule has 8 nitrogen and oxygen atoms in total. The topological polar surface area (TPSA) is 108 Å². The highest BCUT2D eigenvalue weighted by molar-refractivity contribution is 6.10. The Labute approximate surface area is 162 Å². The molecule has 152 valence electrons. The standard InChI is InChI=1S/C19H25FN4O4/c1-4-19(13-5-7-14(20)8-6-13)16(26)24(18(28)23-19)11-15(25)22-17(27)21-10-9-12(2)3/h5-8,12H,4,9-11H2,1-3H3,(H,23,28)(H2,21,22,25,27). The van der Waals surface area contributed by atoms with Crippen LogP contribution in [-0.4, -0.2) is 41.9 Å². The fraction of sp³-hybridized carbons (Fsp3) is 0.474. The first kappa shape index (κ1) is 21.3. The van der Waals surface area contributed by atoms with Gasteiger partial charge < -0.3 is 10.6 Å². The summed E-state index contributed by atoms with van der Waals surface area (Å²) >= 11 is 0. The van der Waals surface area contributed by atoms with Crippen LogP contribution in [0.3, 0.4) is 0 Å². The fourth-order valence-corrected chi connectivity index (χ4v) is 2.97. The Morgan fingerprint density at radius 3 is 2.43 bits per heavy atom. The minimum atomic E-state index is -1.37. The van der Waals surface area contributed by atoms with Gasteiger partial charge in [-0.2, -0.15) is 0 Å². The Morgan fingerprint density at radius 1 is 1.21 bits per heavy atom. The Kier molecular flexibility index (Phi) is 6.71. The summed E-state index contributed by atoms with van der Waals surface area (Å²) in [4.78, 5) is 49.8. The molecule has 1 aromatic carbocycles. The lowest BCUT2D eigenvalue weighted by atomic mass is 9.87. The molecule has 6 amide bonds. The lowest BCUT2D eigenvalue weighted by Crippen LogP contribution is -2.47. The average Bonchev–Trinajstić information content (AvgIpc) is 2.87. The van der Waals surface area contributed by atoms with Crippen LogP contribution in [-0.2, 0) is 15.1 Å². The summed E-state index contributed by atoms with van der Waals surface area (Å²) in [5.74, 6) is -1.47. The molecule has 1 fully saturated rings. The largest absolute Gasteiger partial charge is 0.338 e. The molecule has 1 unspecified atom stereocenters. The molecule has 0 bridgehead atoms. The first-order valence-corrected chi connectivity index (χ1v) is 9.17. The van der Waals surface area contributed by atoms with Crippen molar-refractivity contribution in [3.05, 3.63) is 35.6 Å². The Morgan fingerprint density at radius 2 is 1.86 bits per heavy atom. The number of imide groups is 2. The Balaban J connectivity index is 2.03. The van der Waals surface area contributed by atoms with Crippen LogP contribution >= 0.6 is 0 Å². The van der Waals surface area contributed by atoms with E-state index < -0.39 is 41.8 Å². The van der Waals surface area contributed by atoms with Crippen LogP contribution in [0.15, 0.2) is 24.3 Å². The summed E-state index contributed by atoms with van der Waals surface area (Å²) in [7, 11) is 0. The van der Waals surface area contributed by atoms with E-state index in [2.05, 4.69) is 16.0 Å². The minimum absolute atomic E-state index is 0.219. The molecule has 1 heterocycles. The smallest absolute Gasteiger partial charge is 0.325 e. The van der Waals surface area contributed by atoms with Crippen molar-refractivity contribution in [3.8, 4) is 0 Å². The van der Waals surface area contributed by atoms with Crippen molar-refractivity contribution in [2.75, 3.05) is 13.1 Å². The highest BCUT2D eigenvalue weighted by Gasteiger charge is 2.51. The molecule has 0 radical (unpaired) electrons. The van der Waals surface area contributed by atoms with Crippen molar-refractivity contribution in [3.63, 3.8) is 0 Å². The third kappa shape index (κ3) is 4.65. The van der Waals surface area contributed by atoms with Gasteiger partial charge in [-0.05, 0) is 36.5 Å². The zero-order valence-corrected chi connectivity index (χ0v) is 16.2. The summed E-state index contributed by atoms with van der Waals surface area (Å²) < 4.78 is 13.2. The summed E-state index contributed by atoms with van der Waals surface area (Å²) in [6, 6.07) is 3.81. The number of nitrogens with zero attached hydrogens (tertiary/aromatic N) is 1. The molecular weight excluding hydrogens is 367 g/mol. The fourth-order valence-electron chi connectivity index (χ4n) is 2.97. The van der Waals surface area contributed by atoms with E-state index in [-0.39, 0.29) is 6.42 Å². The predicted octanol–water partition coefficient (Wildman–Crippen LogP) is 1.85. The van der Waals surface area contributed by atoms with E-state index >= 15 is 0 Å². The maximum atomic E-state index is 13.2. The quantitative estimate of drug-likeness (QED) is 0.616. The molecule has 0 aliphatic carbocycles. The van der Waals surface area contributed by atoms with E-state index in [1.54, 1.807) is 6.92 Å². The number of halogens is 1. The number of carbonyl (C=O) groups is 4. The first-order chi connectivity index (χ1) is 13.2. The molecule has 0 saturated carbocycles. The first-order valence-electron chi connectivity index (χ1n) is 9.17. The molecule has 3 N–H and O–H groups in total. The minimum Gasteiger partial charge on any atom is -0.338 e. The number of urea groups is 2. The Bertz CT molecular complexity index is 766. The van der Waals surface area contributed by atoms with Gasteiger partial charge in [0.25, 0.3) is 5.91 Å². The van der Waals surface area contributed by atoms with Crippen LogP contribution in [0.1, 0.15) is 39.2 Å². The van der Waals surface area contributed by atoms with Gasteiger partial charge in [0.2, 0.25) is 5.91 Å². The van der Waals surface area contributed by atoms with Gasteiger partial charge in [-0.3, -0.25) is 19.8 Å². The van der Waals surface area contributed by atoms with Crippen LogP contribution in [0, 0.1) is 11.7 Å². The predicted molar refractivity (Wildman–Crippen MR) is 99.6 cm³/mol. The van der Waals surface area contributed by atoms with Crippen molar-refractivity contribution in [2.45, 2.75) is 39.2 Å². The van der Waals surface area contributed by atoms with Crippen LogP contribution < -0.4 is 16.0 Å². The van der Waals surface area contributed by atoms with Gasteiger partial charge >= 0.3 is 12.1 Å². The molecule has 2 rings (SSSR count). The van der Waals surface area contributed by atoms with Crippen LogP contribution in [0.5, 0.6) is 0 Å². The maximum absolute atomic E-state index is 13.2. The van der Waals surface area contributed by atoms with E-state index in [0.29, 0.717) is 18.0 Å². The number of hydrogen-bond donors (Lipinski definition) is 3. The van der Waals surface area contributed by atoms with E-state index in [4.69, 9.17) is 0 Å². The summed E-state index contributed by atoms with van der Waals surface area (Å²) in [6.07, 6.45) is 0.975. The van der Waals surface area contributed by atoms with E-state index in [0.717, 1.165) is 11.3 Å². The molecular formula is C19H25FN4O4. The van der Waals surface area contributed by atoms with Crippen LogP contribution in [0.4, 0.5) is 14.0 Å². The zero-order chi connectivity index (χ0) is 20.9. The molecule has 0 aromatic heterocycles. The molecule has 1 aromatic rings. The molecule has 1 aliphatic rings. The molecule has 1 saturated heterocycles. The van der Waals surface area contributed by atoms with Crippen molar-refractivity contribution in [2.24, 2.45) is 5.92 Å². The highest BCUT2D eigenvalue weighted by atomic mass is 19.1. The number of rotatable bonds is 7.